The molecule has 1 N–H and O–H groups in total. The van der Waals surface area contributed by atoms with E-state index in [2.05, 4.69) is 6.92 Å². The summed E-state index contributed by atoms with van der Waals surface area (Å²) in [5.74, 6) is -0.292. The van der Waals surface area contributed by atoms with E-state index in [-0.39, 0.29) is 17.1 Å². The summed E-state index contributed by atoms with van der Waals surface area (Å²) >= 11 is 0. The number of carbonyl (C=O) groups excluding carboxylic acids is 1. The van der Waals surface area contributed by atoms with Crippen LogP contribution in [0, 0.1) is 0 Å². The van der Waals surface area contributed by atoms with Gasteiger partial charge in [-0.1, -0.05) is 83.6 Å². The monoisotopic (exact) mass is 364 g/mol. The lowest BCUT2D eigenvalue weighted by Gasteiger charge is -2.11. The van der Waals surface area contributed by atoms with Crippen molar-refractivity contribution in [2.24, 2.45) is 0 Å². The first kappa shape index (κ1) is 22.3. The van der Waals surface area contributed by atoms with Crippen LogP contribution >= 0.6 is 0 Å². The van der Waals surface area contributed by atoms with Gasteiger partial charge in [0, 0.05) is 0 Å². The number of para-hydroxylation sites is 1. The van der Waals surface area contributed by atoms with Gasteiger partial charge in [-0.3, -0.25) is 0 Å². The molecule has 0 spiro atoms. The molecular weight excluding hydrogens is 328 g/mol. The number of hydrogen-bond donors (Lipinski definition) is 1. The molecule has 0 aliphatic heterocycles. The third kappa shape index (κ3) is 9.12. The Morgan fingerprint density at radius 3 is 1.96 bits per heavy atom. The molecule has 0 bridgehead atoms. The molecule has 0 aromatic heterocycles. The van der Waals surface area contributed by atoms with Crippen molar-refractivity contribution in [3.63, 3.8) is 0 Å². The Morgan fingerprint density at radius 1 is 0.885 bits per heavy atom. The molecule has 1 aromatic rings. The second-order valence-electron chi connectivity index (χ2n) is 6.88. The van der Waals surface area contributed by atoms with Crippen molar-refractivity contribution in [2.75, 3.05) is 13.7 Å². The van der Waals surface area contributed by atoms with Gasteiger partial charge in [0.25, 0.3) is 0 Å². The minimum absolute atomic E-state index is 0.0214. The number of ether oxygens (including phenoxy) is 2. The van der Waals surface area contributed by atoms with E-state index >= 15 is 0 Å². The quantitative estimate of drug-likeness (QED) is 0.295. The van der Waals surface area contributed by atoms with Crippen LogP contribution in [0.1, 0.15) is 94.3 Å². The summed E-state index contributed by atoms with van der Waals surface area (Å²) in [7, 11) is 1.32. The van der Waals surface area contributed by atoms with Crippen LogP contribution in [-0.2, 0) is 4.74 Å². The Morgan fingerprint density at radius 2 is 1.42 bits per heavy atom. The van der Waals surface area contributed by atoms with Crippen molar-refractivity contribution in [3.8, 4) is 11.5 Å². The van der Waals surface area contributed by atoms with Crippen LogP contribution in [0.4, 0.5) is 0 Å². The highest BCUT2D eigenvalue weighted by Crippen LogP contribution is 2.30. The summed E-state index contributed by atoms with van der Waals surface area (Å²) in [5, 5.41) is 9.89. The fraction of sp³-hybridized carbons (Fsp3) is 0.682. The van der Waals surface area contributed by atoms with E-state index in [4.69, 9.17) is 9.47 Å². The third-order valence-corrected chi connectivity index (χ3v) is 4.64. The number of rotatable bonds is 15. The van der Waals surface area contributed by atoms with E-state index in [1.807, 2.05) is 0 Å². The lowest BCUT2D eigenvalue weighted by molar-refractivity contribution is 0.0595. The zero-order valence-electron chi connectivity index (χ0n) is 16.6. The van der Waals surface area contributed by atoms with Gasteiger partial charge in [-0.15, -0.1) is 0 Å². The highest BCUT2D eigenvalue weighted by Gasteiger charge is 2.16. The molecule has 1 aromatic carbocycles. The second kappa shape index (κ2) is 14.5. The summed E-state index contributed by atoms with van der Waals surface area (Å²) in [6.45, 7) is 2.75. The second-order valence-corrected chi connectivity index (χ2v) is 6.88. The molecule has 0 heterocycles. The summed E-state index contributed by atoms with van der Waals surface area (Å²) in [6, 6.07) is 4.73. The molecule has 26 heavy (non-hydrogen) atoms. The van der Waals surface area contributed by atoms with Crippen LogP contribution in [0.25, 0.3) is 0 Å². The van der Waals surface area contributed by atoms with Gasteiger partial charge in [0.05, 0.1) is 13.7 Å². The molecule has 0 unspecified atom stereocenters. The molecular formula is C22H36O4. The lowest BCUT2D eigenvalue weighted by atomic mass is 10.1. The predicted molar refractivity (Wildman–Crippen MR) is 106 cm³/mol. The van der Waals surface area contributed by atoms with E-state index in [1.165, 1.54) is 77.4 Å². The standard InChI is InChI=1S/C22H36O4/c1-3-4-5-6-7-8-9-10-11-12-13-14-18-26-21-19(22(24)25-2)16-15-17-20(21)23/h15-17,23H,3-14,18H2,1-2H3. The SMILES string of the molecule is CCCCCCCCCCCCCCOc1c(O)cccc1C(=O)OC. The number of aromatic hydroxyl groups is 1. The van der Waals surface area contributed by atoms with E-state index < -0.39 is 5.97 Å². The smallest absolute Gasteiger partial charge is 0.341 e. The average Bonchev–Trinajstić information content (AvgIpc) is 2.65. The first-order chi connectivity index (χ1) is 12.7. The van der Waals surface area contributed by atoms with E-state index in [9.17, 15) is 9.90 Å². The zero-order valence-corrected chi connectivity index (χ0v) is 16.6. The van der Waals surface area contributed by atoms with Crippen molar-refractivity contribution in [1.29, 1.82) is 0 Å². The van der Waals surface area contributed by atoms with E-state index in [0.717, 1.165) is 12.8 Å². The van der Waals surface area contributed by atoms with Crippen LogP contribution in [-0.4, -0.2) is 24.8 Å². The predicted octanol–water partition coefficient (Wildman–Crippen LogP) is 6.26. The maximum Gasteiger partial charge on any atom is 0.341 e. The van der Waals surface area contributed by atoms with Crippen molar-refractivity contribution in [1.82, 2.24) is 0 Å². The summed E-state index contributed by atoms with van der Waals surface area (Å²) in [4.78, 5) is 11.7. The molecule has 148 valence electrons. The minimum atomic E-state index is -0.495. The number of esters is 1. The molecule has 4 heteroatoms. The molecule has 0 fully saturated rings. The van der Waals surface area contributed by atoms with Gasteiger partial charge >= 0.3 is 5.97 Å². The molecule has 0 amide bonds. The van der Waals surface area contributed by atoms with Gasteiger partial charge in [-0.05, 0) is 18.6 Å². The molecule has 0 saturated carbocycles. The number of hydrogen-bond acceptors (Lipinski definition) is 4. The minimum Gasteiger partial charge on any atom is -0.504 e. The van der Waals surface area contributed by atoms with Crippen LogP contribution < -0.4 is 4.74 Å². The fourth-order valence-corrected chi connectivity index (χ4v) is 3.06. The molecule has 0 saturated heterocycles. The average molecular weight is 365 g/mol. The number of phenols is 1. The number of carbonyl (C=O) groups is 1. The van der Waals surface area contributed by atoms with Gasteiger partial charge in [-0.2, -0.15) is 0 Å². The first-order valence-corrected chi connectivity index (χ1v) is 10.2. The highest BCUT2D eigenvalue weighted by molar-refractivity contribution is 5.93. The maximum atomic E-state index is 11.7. The Balaban J connectivity index is 2.07. The summed E-state index contributed by atoms with van der Waals surface area (Å²) in [6.07, 6.45) is 15.4. The summed E-state index contributed by atoms with van der Waals surface area (Å²) < 4.78 is 10.4. The van der Waals surface area contributed by atoms with Crippen molar-refractivity contribution < 1.29 is 19.4 Å². The number of unbranched alkanes of at least 4 members (excludes halogenated alkanes) is 11. The van der Waals surface area contributed by atoms with Gasteiger partial charge in [0.1, 0.15) is 5.56 Å². The van der Waals surface area contributed by atoms with Crippen molar-refractivity contribution in [2.45, 2.75) is 84.0 Å². The van der Waals surface area contributed by atoms with Crippen molar-refractivity contribution in [3.05, 3.63) is 23.8 Å². The Kier molecular flexibility index (Phi) is 12.4. The van der Waals surface area contributed by atoms with Crippen LogP contribution in [0.5, 0.6) is 11.5 Å². The van der Waals surface area contributed by atoms with E-state index in [1.54, 1.807) is 12.1 Å². The molecule has 0 aliphatic carbocycles. The number of methoxy groups -OCH3 is 1. The van der Waals surface area contributed by atoms with Gasteiger partial charge in [-0.25, -0.2) is 4.79 Å². The molecule has 4 nitrogen and oxygen atoms in total. The molecule has 0 radical (unpaired) electrons. The van der Waals surface area contributed by atoms with Gasteiger partial charge < -0.3 is 14.6 Å². The van der Waals surface area contributed by atoms with E-state index in [0.29, 0.717) is 6.61 Å². The number of phenolic OH excluding ortho intramolecular Hbond substituents is 1. The van der Waals surface area contributed by atoms with Gasteiger partial charge in [0.2, 0.25) is 0 Å². The molecule has 1 rings (SSSR count). The Labute approximate surface area is 158 Å². The fourth-order valence-electron chi connectivity index (χ4n) is 3.06. The van der Waals surface area contributed by atoms with Crippen LogP contribution in [0.15, 0.2) is 18.2 Å². The van der Waals surface area contributed by atoms with Crippen LogP contribution in [0.3, 0.4) is 0 Å². The topological polar surface area (TPSA) is 55.8 Å². The zero-order chi connectivity index (χ0) is 19.0. The molecule has 0 aliphatic rings. The largest absolute Gasteiger partial charge is 0.504 e. The number of benzene rings is 1. The Bertz CT molecular complexity index is 499. The highest BCUT2D eigenvalue weighted by atomic mass is 16.5. The third-order valence-electron chi connectivity index (χ3n) is 4.64. The van der Waals surface area contributed by atoms with Crippen molar-refractivity contribution >= 4 is 5.97 Å². The molecule has 0 atom stereocenters. The normalized spacial score (nSPS) is 10.7. The summed E-state index contributed by atoms with van der Waals surface area (Å²) in [5.41, 5.74) is 0.270. The first-order valence-electron chi connectivity index (χ1n) is 10.2. The van der Waals surface area contributed by atoms with Crippen LogP contribution in [0.2, 0.25) is 0 Å². The lowest BCUT2D eigenvalue weighted by Crippen LogP contribution is -2.06. The Hall–Kier alpha value is -1.71. The van der Waals surface area contributed by atoms with Gasteiger partial charge in [0.15, 0.2) is 11.5 Å². The maximum absolute atomic E-state index is 11.7.